The molecule has 0 fully saturated rings. The van der Waals surface area contributed by atoms with Crippen LogP contribution in [0.25, 0.3) is 76.8 Å². The minimum Gasteiger partial charge on any atom is -0.454 e. The Hall–Kier alpha value is -5.58. The summed E-state index contributed by atoms with van der Waals surface area (Å²) in [5.74, 6) is 0. The van der Waals surface area contributed by atoms with Crippen LogP contribution < -0.4 is 14.3 Å². The largest absolute Gasteiger partial charge is 0.454 e. The number of nitrogens with zero attached hydrogens (tertiary/aromatic N) is 2. The molecule has 0 bridgehead atoms. The van der Waals surface area contributed by atoms with Gasteiger partial charge in [-0.1, -0.05) is 105 Å². The maximum atomic E-state index is 7.32. The number of hydrogen-bond acceptors (Lipinski definition) is 1. The van der Waals surface area contributed by atoms with E-state index in [1.165, 1.54) is 87.5 Å². The van der Waals surface area contributed by atoms with Crippen LogP contribution in [0.3, 0.4) is 0 Å². The van der Waals surface area contributed by atoms with Gasteiger partial charge in [-0.15, -0.1) is 0 Å². The first kappa shape index (κ1) is 28.3. The highest BCUT2D eigenvalue weighted by atomic mass is 28.3. The lowest BCUT2D eigenvalue weighted by atomic mass is 9.79. The molecule has 0 N–H and O–H groups in total. The van der Waals surface area contributed by atoms with Gasteiger partial charge >= 0.3 is 0 Å². The van der Waals surface area contributed by atoms with Crippen LogP contribution in [0.5, 0.6) is 0 Å². The summed E-state index contributed by atoms with van der Waals surface area (Å²) in [6.07, 6.45) is 4.79. The van der Waals surface area contributed by atoms with Crippen molar-refractivity contribution in [1.82, 2.24) is 0 Å². The first-order chi connectivity index (χ1) is 24.4. The van der Waals surface area contributed by atoms with Gasteiger partial charge in [-0.2, -0.15) is 9.13 Å². The molecule has 9 aromatic rings. The Balaban J connectivity index is 1.29. The third kappa shape index (κ3) is 3.64. The molecule has 3 aromatic heterocycles. The highest BCUT2D eigenvalue weighted by Crippen LogP contribution is 2.50. The number of pyridine rings is 2. The molecule has 238 valence electrons. The molecule has 2 unspecified atom stereocenters. The van der Waals surface area contributed by atoms with Crippen LogP contribution in [0.2, 0.25) is 19.6 Å². The summed E-state index contributed by atoms with van der Waals surface area (Å²) in [5.41, 5.74) is 10.9. The van der Waals surface area contributed by atoms with E-state index in [4.69, 9.17) is 4.42 Å². The van der Waals surface area contributed by atoms with Gasteiger partial charge < -0.3 is 4.42 Å². The quantitative estimate of drug-likeness (QED) is 0.0975. The molecule has 0 aliphatic carbocycles. The minimum absolute atomic E-state index is 0.0746. The normalized spacial score (nSPS) is 16.4. The van der Waals surface area contributed by atoms with Gasteiger partial charge in [-0.3, -0.25) is 0 Å². The van der Waals surface area contributed by atoms with Crippen molar-refractivity contribution in [3.63, 3.8) is 0 Å². The second-order valence-electron chi connectivity index (χ2n) is 15.4. The van der Waals surface area contributed by atoms with Gasteiger partial charge in [0.05, 0.1) is 19.2 Å². The number of rotatable bonds is 1. The molecule has 0 spiro atoms. The van der Waals surface area contributed by atoms with Crippen LogP contribution in [0.1, 0.15) is 28.8 Å². The van der Waals surface area contributed by atoms with E-state index in [2.05, 4.69) is 169 Å². The van der Waals surface area contributed by atoms with E-state index >= 15 is 0 Å². The molecule has 0 saturated heterocycles. The van der Waals surface area contributed by atoms with Crippen LogP contribution in [0, 0.1) is 6.92 Å². The molecular formula is C46H36N2OSi+2. The van der Waals surface area contributed by atoms with E-state index in [1.54, 1.807) is 0 Å². The Morgan fingerprint density at radius 2 is 1.16 bits per heavy atom. The topological polar surface area (TPSA) is 20.9 Å². The first-order valence-electron chi connectivity index (χ1n) is 17.8. The zero-order chi connectivity index (χ0) is 33.5. The molecule has 2 aliphatic rings. The van der Waals surface area contributed by atoms with E-state index in [9.17, 15) is 0 Å². The summed E-state index contributed by atoms with van der Waals surface area (Å²) in [6, 6.07) is 45.5. The number of benzene rings is 6. The average Bonchev–Trinajstić information content (AvgIpc) is 3.53. The highest BCUT2D eigenvalue weighted by Gasteiger charge is 2.53. The number of hydrogen-bond donors (Lipinski definition) is 0. The standard InChI is InChI=1S/C46H36N2OSi/c1-27-23-24-47-40(25-27)42-38(44-43(47)35-16-10-8-14-32(35)39-22-17-28(26-48(39)44)50(2,3)4)21-20-37-36-19-18-34-31-13-6-5-11-29(31)30-12-7-9-15-33(30)41(34)45(36)49-46(37)42/h5-26,43-44H,1-4H3/q+2. The van der Waals surface area contributed by atoms with E-state index in [1.807, 2.05) is 0 Å². The summed E-state index contributed by atoms with van der Waals surface area (Å²) in [4.78, 5) is 0. The van der Waals surface area contributed by atoms with Crippen molar-refractivity contribution in [3.8, 4) is 22.5 Å². The van der Waals surface area contributed by atoms with E-state index in [-0.39, 0.29) is 12.1 Å². The lowest BCUT2D eigenvalue weighted by Gasteiger charge is -2.32. The molecule has 4 heteroatoms. The fourth-order valence-electron chi connectivity index (χ4n) is 9.22. The molecule has 0 radical (unpaired) electrons. The second-order valence-corrected chi connectivity index (χ2v) is 20.5. The van der Waals surface area contributed by atoms with Crippen molar-refractivity contribution in [3.05, 3.63) is 150 Å². The predicted octanol–water partition coefficient (Wildman–Crippen LogP) is 10.3. The van der Waals surface area contributed by atoms with Gasteiger partial charge in [0.1, 0.15) is 11.2 Å². The van der Waals surface area contributed by atoms with Crippen molar-refractivity contribution < 1.29 is 13.6 Å². The van der Waals surface area contributed by atoms with Crippen LogP contribution in [-0.4, -0.2) is 8.07 Å². The summed E-state index contributed by atoms with van der Waals surface area (Å²) in [6.45, 7) is 9.54. The fourth-order valence-corrected chi connectivity index (χ4v) is 10.3. The first-order valence-corrected chi connectivity index (χ1v) is 21.3. The monoisotopic (exact) mass is 660 g/mol. The van der Waals surface area contributed by atoms with Gasteiger partial charge in [0.2, 0.25) is 17.4 Å². The lowest BCUT2D eigenvalue weighted by molar-refractivity contribution is -0.799. The van der Waals surface area contributed by atoms with Crippen LogP contribution in [0.4, 0.5) is 0 Å². The third-order valence-electron chi connectivity index (χ3n) is 11.6. The Morgan fingerprint density at radius 3 is 1.94 bits per heavy atom. The molecule has 6 aromatic carbocycles. The molecule has 11 rings (SSSR count). The maximum Gasteiger partial charge on any atom is 0.250 e. The number of aromatic nitrogens is 2. The third-order valence-corrected chi connectivity index (χ3v) is 13.6. The minimum atomic E-state index is -1.59. The molecule has 2 aliphatic heterocycles. The van der Waals surface area contributed by atoms with Crippen molar-refractivity contribution >= 4 is 67.5 Å². The summed E-state index contributed by atoms with van der Waals surface area (Å²) in [7, 11) is -1.59. The van der Waals surface area contributed by atoms with Crippen LogP contribution >= 0.6 is 0 Å². The lowest BCUT2D eigenvalue weighted by Crippen LogP contribution is -2.61. The number of aryl methyl sites for hydroxylation is 1. The Morgan fingerprint density at radius 1 is 0.540 bits per heavy atom. The predicted molar refractivity (Wildman–Crippen MR) is 208 cm³/mol. The molecule has 5 heterocycles. The average molecular weight is 661 g/mol. The Labute approximate surface area is 291 Å². The Kier molecular flexibility index (Phi) is 5.52. The van der Waals surface area contributed by atoms with Gasteiger partial charge in [0, 0.05) is 50.7 Å². The molecule has 2 atom stereocenters. The molecule has 3 nitrogen and oxygen atoms in total. The Bertz CT molecular complexity index is 2910. The SMILES string of the molecule is Cc1cc[n+]2c(c1)-c1c(ccc3c1oc1c3ccc3c4ccccc4c4ccccc4c31)C1C2c2ccccc2-c2ccc([Si](C)(C)C)c[n+]21. The number of fused-ring (bicyclic) bond motifs is 22. The van der Waals surface area contributed by atoms with Gasteiger partial charge in [0.15, 0.2) is 12.4 Å². The summed E-state index contributed by atoms with van der Waals surface area (Å²) in [5, 5.41) is 11.3. The van der Waals surface area contributed by atoms with E-state index < -0.39 is 8.07 Å². The van der Waals surface area contributed by atoms with E-state index in [0.717, 1.165) is 11.2 Å². The van der Waals surface area contributed by atoms with Crippen molar-refractivity contribution in [1.29, 1.82) is 0 Å². The maximum absolute atomic E-state index is 7.32. The zero-order valence-electron chi connectivity index (χ0n) is 28.7. The van der Waals surface area contributed by atoms with E-state index in [0.29, 0.717) is 0 Å². The number of furan rings is 1. The van der Waals surface area contributed by atoms with Crippen molar-refractivity contribution in [2.24, 2.45) is 0 Å². The molecule has 50 heavy (non-hydrogen) atoms. The smallest absolute Gasteiger partial charge is 0.250 e. The van der Waals surface area contributed by atoms with Gasteiger partial charge in [-0.05, 0) is 57.6 Å². The second kappa shape index (κ2) is 9.77. The van der Waals surface area contributed by atoms with Crippen molar-refractivity contribution in [2.45, 2.75) is 38.6 Å². The highest BCUT2D eigenvalue weighted by molar-refractivity contribution is 6.88. The van der Waals surface area contributed by atoms with Crippen molar-refractivity contribution in [2.75, 3.05) is 0 Å². The summed E-state index contributed by atoms with van der Waals surface area (Å²) >= 11 is 0. The molecule has 0 saturated carbocycles. The van der Waals surface area contributed by atoms with Crippen LogP contribution in [0.15, 0.2) is 138 Å². The fraction of sp³-hybridized carbons (Fsp3) is 0.130. The summed E-state index contributed by atoms with van der Waals surface area (Å²) < 4.78 is 12.4. The van der Waals surface area contributed by atoms with Gasteiger partial charge in [-0.25, -0.2) is 0 Å². The molecular weight excluding hydrogens is 625 g/mol. The van der Waals surface area contributed by atoms with Crippen LogP contribution in [-0.2, 0) is 0 Å². The molecule has 0 amide bonds. The van der Waals surface area contributed by atoms with Gasteiger partial charge in [0.25, 0.3) is 6.04 Å². The zero-order valence-corrected chi connectivity index (χ0v) is 29.7.